The highest BCUT2D eigenvalue weighted by Gasteiger charge is 2.50. The van der Waals surface area contributed by atoms with Crippen molar-refractivity contribution in [3.05, 3.63) is 71.2 Å². The Balaban J connectivity index is 1.23. The van der Waals surface area contributed by atoms with E-state index in [1.165, 1.54) is 16.8 Å². The molecule has 2 aromatic heterocycles. The first-order valence-electron chi connectivity index (χ1n) is 11.0. The summed E-state index contributed by atoms with van der Waals surface area (Å²) in [6.07, 6.45) is 4.96. The van der Waals surface area contributed by atoms with Crippen molar-refractivity contribution in [1.29, 1.82) is 0 Å². The van der Waals surface area contributed by atoms with Crippen molar-refractivity contribution in [2.45, 2.75) is 37.7 Å². The summed E-state index contributed by atoms with van der Waals surface area (Å²) < 4.78 is 35.4. The molecule has 3 aromatic rings. The van der Waals surface area contributed by atoms with Crippen molar-refractivity contribution in [3.63, 3.8) is 0 Å². The molecular weight excluding hydrogens is 414 g/mol. The number of pyridine rings is 1. The Kier molecular flexibility index (Phi) is 4.48. The number of likely N-dealkylation sites (tertiary alicyclic amines) is 1. The van der Waals surface area contributed by atoms with Gasteiger partial charge in [0.15, 0.2) is 11.5 Å². The van der Waals surface area contributed by atoms with E-state index in [0.717, 1.165) is 30.2 Å². The number of carbonyl (C=O) groups is 1. The molecular formula is C24H22F2N4O2. The number of carbonyl (C=O) groups excluding carboxylic acids is 1. The SMILES string of the molecule is O=C(c1nn(-c2ccc(F)cc2F)c2c1C[C@H]1C[C@@H]21)N1CCC(Oc2ccccn2)CC1. The number of amides is 1. The van der Waals surface area contributed by atoms with Crippen molar-refractivity contribution in [3.8, 4) is 11.6 Å². The molecule has 0 radical (unpaired) electrons. The van der Waals surface area contributed by atoms with Crippen LogP contribution in [-0.2, 0) is 6.42 Å². The van der Waals surface area contributed by atoms with Gasteiger partial charge in [-0.2, -0.15) is 5.10 Å². The average Bonchev–Trinajstić information content (AvgIpc) is 3.30. The maximum atomic E-state index is 14.5. The number of ether oxygens (including phenoxy) is 1. The Labute approximate surface area is 183 Å². The van der Waals surface area contributed by atoms with Gasteiger partial charge in [0, 0.05) is 55.7 Å². The van der Waals surface area contributed by atoms with Gasteiger partial charge in [-0.3, -0.25) is 4.79 Å². The van der Waals surface area contributed by atoms with E-state index in [4.69, 9.17) is 4.74 Å². The molecule has 1 aliphatic heterocycles. The zero-order valence-electron chi connectivity index (χ0n) is 17.4. The molecule has 32 heavy (non-hydrogen) atoms. The highest BCUT2D eigenvalue weighted by molar-refractivity contribution is 5.94. The summed E-state index contributed by atoms with van der Waals surface area (Å²) in [5.41, 5.74) is 2.43. The smallest absolute Gasteiger partial charge is 0.274 e. The molecule has 164 valence electrons. The van der Waals surface area contributed by atoms with Gasteiger partial charge in [0.2, 0.25) is 5.88 Å². The lowest BCUT2D eigenvalue weighted by molar-refractivity contribution is 0.0581. The summed E-state index contributed by atoms with van der Waals surface area (Å²) in [4.78, 5) is 19.4. The summed E-state index contributed by atoms with van der Waals surface area (Å²) in [5, 5.41) is 4.55. The molecule has 3 aliphatic rings. The van der Waals surface area contributed by atoms with Crippen LogP contribution in [0.15, 0.2) is 42.6 Å². The van der Waals surface area contributed by atoms with Crippen LogP contribution in [0, 0.1) is 17.6 Å². The summed E-state index contributed by atoms with van der Waals surface area (Å²) in [6.45, 7) is 1.13. The second-order valence-corrected chi connectivity index (χ2v) is 8.80. The molecule has 0 bridgehead atoms. The molecule has 1 saturated heterocycles. The fourth-order valence-corrected chi connectivity index (χ4v) is 5.04. The number of rotatable bonds is 4. The van der Waals surface area contributed by atoms with Crippen LogP contribution in [-0.4, -0.2) is 44.8 Å². The number of nitrogens with zero attached hydrogens (tertiary/aromatic N) is 4. The number of aromatic nitrogens is 3. The fourth-order valence-electron chi connectivity index (χ4n) is 5.04. The molecule has 0 spiro atoms. The fraction of sp³-hybridized carbons (Fsp3) is 0.375. The zero-order valence-corrected chi connectivity index (χ0v) is 17.4. The van der Waals surface area contributed by atoms with Gasteiger partial charge in [0.1, 0.15) is 17.6 Å². The predicted molar refractivity (Wildman–Crippen MR) is 112 cm³/mol. The molecule has 3 heterocycles. The van der Waals surface area contributed by atoms with Crippen molar-refractivity contribution < 1.29 is 18.3 Å². The lowest BCUT2D eigenvalue weighted by Gasteiger charge is -2.31. The Hall–Kier alpha value is -3.29. The minimum Gasteiger partial charge on any atom is -0.474 e. The van der Waals surface area contributed by atoms with Crippen LogP contribution in [0.2, 0.25) is 0 Å². The average molecular weight is 436 g/mol. The predicted octanol–water partition coefficient (Wildman–Crippen LogP) is 3.89. The van der Waals surface area contributed by atoms with Gasteiger partial charge in [-0.05, 0) is 37.0 Å². The van der Waals surface area contributed by atoms with E-state index in [1.807, 2.05) is 18.2 Å². The maximum absolute atomic E-state index is 14.5. The van der Waals surface area contributed by atoms with Crippen LogP contribution >= 0.6 is 0 Å². The van der Waals surface area contributed by atoms with Gasteiger partial charge in [-0.25, -0.2) is 18.4 Å². The number of fused-ring (bicyclic) bond motifs is 3. The Morgan fingerprint density at radius 3 is 2.72 bits per heavy atom. The first-order valence-corrected chi connectivity index (χ1v) is 11.0. The molecule has 2 aliphatic carbocycles. The number of piperidine rings is 1. The van der Waals surface area contributed by atoms with E-state index < -0.39 is 11.6 Å². The van der Waals surface area contributed by atoms with Gasteiger partial charge in [-0.15, -0.1) is 0 Å². The van der Waals surface area contributed by atoms with Gasteiger partial charge in [0.25, 0.3) is 5.91 Å². The van der Waals surface area contributed by atoms with Crippen molar-refractivity contribution in [2.75, 3.05) is 13.1 Å². The van der Waals surface area contributed by atoms with E-state index in [-0.39, 0.29) is 17.7 Å². The van der Waals surface area contributed by atoms with Gasteiger partial charge in [0.05, 0.1) is 5.69 Å². The van der Waals surface area contributed by atoms with Crippen LogP contribution in [0.5, 0.6) is 5.88 Å². The summed E-state index contributed by atoms with van der Waals surface area (Å²) in [5.74, 6) is -0.0327. The maximum Gasteiger partial charge on any atom is 0.274 e. The molecule has 1 aromatic carbocycles. The lowest BCUT2D eigenvalue weighted by atomic mass is 10.1. The summed E-state index contributed by atoms with van der Waals surface area (Å²) in [7, 11) is 0. The second kappa shape index (κ2) is 7.39. The topological polar surface area (TPSA) is 60.2 Å². The number of halogens is 2. The monoisotopic (exact) mass is 436 g/mol. The van der Waals surface area contributed by atoms with Crippen molar-refractivity contribution in [2.24, 2.45) is 5.92 Å². The second-order valence-electron chi connectivity index (χ2n) is 8.80. The quantitative estimate of drug-likeness (QED) is 0.623. The molecule has 6 nitrogen and oxygen atoms in total. The summed E-state index contributed by atoms with van der Waals surface area (Å²) in [6, 6.07) is 9.02. The van der Waals surface area contributed by atoms with Gasteiger partial charge in [-0.1, -0.05) is 6.07 Å². The summed E-state index contributed by atoms with van der Waals surface area (Å²) >= 11 is 0. The lowest BCUT2D eigenvalue weighted by Crippen LogP contribution is -2.42. The number of hydrogen-bond acceptors (Lipinski definition) is 4. The molecule has 0 N–H and O–H groups in total. The van der Waals surface area contributed by atoms with Crippen LogP contribution < -0.4 is 4.74 Å². The van der Waals surface area contributed by atoms with E-state index >= 15 is 0 Å². The number of hydrogen-bond donors (Lipinski definition) is 0. The highest BCUT2D eigenvalue weighted by atomic mass is 19.1. The normalized spacial score (nSPS) is 21.9. The van der Waals surface area contributed by atoms with Crippen LogP contribution in [0.3, 0.4) is 0 Å². The van der Waals surface area contributed by atoms with E-state index in [0.29, 0.717) is 49.3 Å². The van der Waals surface area contributed by atoms with Gasteiger partial charge < -0.3 is 9.64 Å². The molecule has 1 saturated carbocycles. The first-order chi connectivity index (χ1) is 15.6. The van der Waals surface area contributed by atoms with Crippen LogP contribution in [0.4, 0.5) is 8.78 Å². The third kappa shape index (κ3) is 3.25. The molecule has 1 amide bonds. The highest BCUT2D eigenvalue weighted by Crippen LogP contribution is 2.57. The molecule has 6 rings (SSSR count). The molecule has 2 atom stereocenters. The first kappa shape index (κ1) is 19.4. The molecule has 0 unspecified atom stereocenters. The zero-order chi connectivity index (χ0) is 21.8. The van der Waals surface area contributed by atoms with Crippen molar-refractivity contribution in [1.82, 2.24) is 19.7 Å². The van der Waals surface area contributed by atoms with E-state index in [1.54, 1.807) is 11.1 Å². The van der Waals surface area contributed by atoms with Crippen LogP contribution in [0.1, 0.15) is 46.9 Å². The Bertz CT molecular complexity index is 1190. The van der Waals surface area contributed by atoms with Crippen molar-refractivity contribution >= 4 is 5.91 Å². The standard InChI is InChI=1S/C24H22F2N4O2/c25-15-4-5-20(19(26)13-15)30-23-17-11-14(17)12-18(23)22(28-30)24(31)29-9-6-16(7-10-29)32-21-3-1-2-8-27-21/h1-5,8,13-14,16-17H,6-7,9-12H2/t14-,17-/m1/s1. The van der Waals surface area contributed by atoms with Crippen LogP contribution in [0.25, 0.3) is 5.69 Å². The Morgan fingerprint density at radius 1 is 1.12 bits per heavy atom. The van der Waals surface area contributed by atoms with E-state index in [9.17, 15) is 13.6 Å². The minimum absolute atomic E-state index is 0.0122. The van der Waals surface area contributed by atoms with E-state index in [2.05, 4.69) is 10.1 Å². The van der Waals surface area contributed by atoms with Gasteiger partial charge >= 0.3 is 0 Å². The number of benzene rings is 1. The molecule has 2 fully saturated rings. The molecule has 8 heteroatoms. The Morgan fingerprint density at radius 2 is 1.97 bits per heavy atom. The third-order valence-electron chi connectivity index (χ3n) is 6.76. The minimum atomic E-state index is -0.675. The largest absolute Gasteiger partial charge is 0.474 e. The third-order valence-corrected chi connectivity index (χ3v) is 6.76.